The first kappa shape index (κ1) is 11.8. The topological polar surface area (TPSA) is 38.1 Å². The highest BCUT2D eigenvalue weighted by molar-refractivity contribution is 5.09. The van der Waals surface area contributed by atoms with Crippen molar-refractivity contribution in [2.24, 2.45) is 17.8 Å². The van der Waals surface area contributed by atoms with E-state index in [4.69, 9.17) is 4.42 Å². The van der Waals surface area contributed by atoms with Crippen molar-refractivity contribution in [2.45, 2.75) is 69.4 Å². The second-order valence-electron chi connectivity index (χ2n) is 8.00. The van der Waals surface area contributed by atoms with Crippen LogP contribution in [0, 0.1) is 17.8 Å². The number of rotatable bonds is 4. The number of aromatic nitrogens is 1. The molecule has 0 aliphatic heterocycles. The van der Waals surface area contributed by atoms with Crippen molar-refractivity contribution < 1.29 is 4.42 Å². The van der Waals surface area contributed by atoms with E-state index in [1.165, 1.54) is 51.4 Å². The maximum atomic E-state index is 5.61. The molecule has 108 valence electrons. The quantitative estimate of drug-likeness (QED) is 0.910. The number of hydrogen-bond acceptors (Lipinski definition) is 3. The van der Waals surface area contributed by atoms with Gasteiger partial charge in [0.05, 0.1) is 5.69 Å². The van der Waals surface area contributed by atoms with E-state index in [0.29, 0.717) is 11.5 Å². The lowest BCUT2D eigenvalue weighted by Gasteiger charge is -2.57. The zero-order valence-corrected chi connectivity index (χ0v) is 12.1. The molecule has 0 spiro atoms. The first-order chi connectivity index (χ1) is 9.78. The fourth-order valence-electron chi connectivity index (χ4n) is 5.53. The molecule has 0 unspecified atom stereocenters. The van der Waals surface area contributed by atoms with E-state index in [-0.39, 0.29) is 0 Å². The highest BCUT2D eigenvalue weighted by Gasteiger charge is 2.50. The van der Waals surface area contributed by atoms with E-state index in [1.54, 1.807) is 0 Å². The van der Waals surface area contributed by atoms with Gasteiger partial charge in [-0.1, -0.05) is 0 Å². The maximum absolute atomic E-state index is 5.61. The zero-order valence-electron chi connectivity index (χ0n) is 12.1. The fraction of sp³-hybridized carbons (Fsp3) is 0.824. The normalized spacial score (nSPS) is 42.3. The van der Waals surface area contributed by atoms with Gasteiger partial charge in [0.25, 0.3) is 0 Å². The Bertz CT molecular complexity index is 482. The van der Waals surface area contributed by atoms with Crippen LogP contribution in [-0.2, 0) is 6.54 Å². The van der Waals surface area contributed by atoms with Crippen molar-refractivity contribution in [3.63, 3.8) is 0 Å². The molecule has 20 heavy (non-hydrogen) atoms. The Labute approximate surface area is 120 Å². The van der Waals surface area contributed by atoms with E-state index in [2.05, 4.69) is 10.3 Å². The summed E-state index contributed by atoms with van der Waals surface area (Å²) >= 11 is 0. The van der Waals surface area contributed by atoms with Crippen LogP contribution in [-0.4, -0.2) is 10.5 Å². The summed E-state index contributed by atoms with van der Waals surface area (Å²) in [6, 6.07) is 0. The predicted molar refractivity (Wildman–Crippen MR) is 76.2 cm³/mol. The highest BCUT2D eigenvalue weighted by Crippen LogP contribution is 2.55. The summed E-state index contributed by atoms with van der Waals surface area (Å²) in [6.07, 6.45) is 13.2. The molecular formula is C17H24N2O. The largest absolute Gasteiger partial charge is 0.448 e. The standard InChI is InChI=1S/C17H24N2O/c1-2-14(1)16-19-15(10-20-16)9-18-17-6-11-3-12(7-17)5-13(4-11)8-17/h10-14,18H,1-9H2. The zero-order chi connectivity index (χ0) is 13.2. The third kappa shape index (κ3) is 1.93. The van der Waals surface area contributed by atoms with E-state index >= 15 is 0 Å². The first-order valence-electron chi connectivity index (χ1n) is 8.47. The average molecular weight is 272 g/mol. The summed E-state index contributed by atoms with van der Waals surface area (Å²) < 4.78 is 5.61. The van der Waals surface area contributed by atoms with Gasteiger partial charge in [0, 0.05) is 18.0 Å². The van der Waals surface area contributed by atoms with Crippen molar-refractivity contribution >= 4 is 0 Å². The molecule has 5 saturated carbocycles. The molecule has 5 fully saturated rings. The molecule has 1 aromatic rings. The molecule has 6 rings (SSSR count). The van der Waals surface area contributed by atoms with Crippen molar-refractivity contribution in [3.05, 3.63) is 17.8 Å². The summed E-state index contributed by atoms with van der Waals surface area (Å²) in [6.45, 7) is 0.905. The summed E-state index contributed by atoms with van der Waals surface area (Å²) in [4.78, 5) is 4.66. The van der Waals surface area contributed by atoms with Crippen LogP contribution < -0.4 is 5.32 Å². The molecule has 3 nitrogen and oxygen atoms in total. The maximum Gasteiger partial charge on any atom is 0.197 e. The number of nitrogens with one attached hydrogen (secondary N) is 1. The van der Waals surface area contributed by atoms with Gasteiger partial charge in [-0.05, 0) is 69.1 Å². The van der Waals surface area contributed by atoms with Gasteiger partial charge in [-0.25, -0.2) is 4.98 Å². The number of oxazole rings is 1. The Kier molecular flexibility index (Phi) is 2.41. The van der Waals surface area contributed by atoms with Gasteiger partial charge in [-0.15, -0.1) is 0 Å². The second-order valence-corrected chi connectivity index (χ2v) is 8.00. The number of nitrogens with zero attached hydrogens (tertiary/aromatic N) is 1. The van der Waals surface area contributed by atoms with E-state index in [9.17, 15) is 0 Å². The highest BCUT2D eigenvalue weighted by atomic mass is 16.3. The van der Waals surface area contributed by atoms with E-state index in [0.717, 1.165) is 35.9 Å². The molecule has 0 atom stereocenters. The molecule has 3 heteroatoms. The fourth-order valence-corrected chi connectivity index (χ4v) is 5.53. The van der Waals surface area contributed by atoms with Crippen LogP contribution >= 0.6 is 0 Å². The van der Waals surface area contributed by atoms with Crippen molar-refractivity contribution in [1.82, 2.24) is 10.3 Å². The number of hydrogen-bond donors (Lipinski definition) is 1. The van der Waals surface area contributed by atoms with Crippen LogP contribution in [0.5, 0.6) is 0 Å². The molecule has 0 saturated heterocycles. The summed E-state index contributed by atoms with van der Waals surface area (Å²) in [5, 5.41) is 3.89. The molecule has 4 bridgehead atoms. The Hall–Kier alpha value is -0.830. The summed E-state index contributed by atoms with van der Waals surface area (Å²) in [7, 11) is 0. The molecule has 0 aromatic carbocycles. The molecule has 5 aliphatic rings. The van der Waals surface area contributed by atoms with Gasteiger partial charge in [0.15, 0.2) is 5.89 Å². The van der Waals surface area contributed by atoms with Crippen LogP contribution in [0.15, 0.2) is 10.7 Å². The Morgan fingerprint density at radius 2 is 1.75 bits per heavy atom. The molecule has 1 N–H and O–H groups in total. The Morgan fingerprint density at radius 3 is 2.35 bits per heavy atom. The smallest absolute Gasteiger partial charge is 0.197 e. The van der Waals surface area contributed by atoms with Gasteiger partial charge in [-0.3, -0.25) is 0 Å². The minimum Gasteiger partial charge on any atom is -0.448 e. The van der Waals surface area contributed by atoms with Gasteiger partial charge >= 0.3 is 0 Å². The van der Waals surface area contributed by atoms with E-state index < -0.39 is 0 Å². The molecule has 1 aromatic heterocycles. The Balaban J connectivity index is 1.28. The van der Waals surface area contributed by atoms with Crippen molar-refractivity contribution in [3.8, 4) is 0 Å². The monoisotopic (exact) mass is 272 g/mol. The lowest BCUT2D eigenvalue weighted by Crippen LogP contribution is -2.58. The van der Waals surface area contributed by atoms with Crippen molar-refractivity contribution in [1.29, 1.82) is 0 Å². The van der Waals surface area contributed by atoms with Gasteiger partial charge < -0.3 is 9.73 Å². The first-order valence-corrected chi connectivity index (χ1v) is 8.47. The van der Waals surface area contributed by atoms with Crippen LogP contribution in [0.2, 0.25) is 0 Å². The van der Waals surface area contributed by atoms with Crippen LogP contribution in [0.25, 0.3) is 0 Å². The predicted octanol–water partition coefficient (Wildman–Crippen LogP) is 3.61. The molecule has 0 amide bonds. The lowest BCUT2D eigenvalue weighted by atomic mass is 9.53. The minimum atomic E-state index is 0.438. The van der Waals surface area contributed by atoms with Crippen molar-refractivity contribution in [2.75, 3.05) is 0 Å². The van der Waals surface area contributed by atoms with Gasteiger partial charge in [0.2, 0.25) is 0 Å². The third-order valence-electron chi connectivity index (χ3n) is 6.18. The summed E-state index contributed by atoms with van der Waals surface area (Å²) in [5.41, 5.74) is 1.55. The molecular weight excluding hydrogens is 248 g/mol. The average Bonchev–Trinajstić information content (AvgIpc) is 3.14. The minimum absolute atomic E-state index is 0.438. The Morgan fingerprint density at radius 1 is 1.10 bits per heavy atom. The van der Waals surface area contributed by atoms with E-state index in [1.807, 2.05) is 6.26 Å². The second kappa shape index (κ2) is 4.09. The SMILES string of the molecule is c1oc(C2CC2)nc1CNC12CC3CC(CC(C3)C1)C2. The van der Waals surface area contributed by atoms with Gasteiger partial charge in [-0.2, -0.15) is 0 Å². The van der Waals surface area contributed by atoms with Crippen LogP contribution in [0.3, 0.4) is 0 Å². The van der Waals surface area contributed by atoms with Gasteiger partial charge in [0.1, 0.15) is 6.26 Å². The molecule has 5 aliphatic carbocycles. The molecule has 1 heterocycles. The lowest BCUT2D eigenvalue weighted by molar-refractivity contribution is -0.0207. The van der Waals surface area contributed by atoms with Crippen LogP contribution in [0.1, 0.15) is 68.9 Å². The third-order valence-corrected chi connectivity index (χ3v) is 6.18. The summed E-state index contributed by atoms with van der Waals surface area (Å²) in [5.74, 6) is 4.63. The molecule has 0 radical (unpaired) electrons. The van der Waals surface area contributed by atoms with Crippen LogP contribution in [0.4, 0.5) is 0 Å².